The Bertz CT molecular complexity index is 656. The largest absolute Gasteiger partial charge is 0.379 e. The number of hydrogen-bond donors (Lipinski definition) is 2. The van der Waals surface area contributed by atoms with Crippen molar-refractivity contribution in [3.05, 3.63) is 48.3 Å². The highest BCUT2D eigenvalue weighted by atomic mass is 15.5. The van der Waals surface area contributed by atoms with Crippen LogP contribution in [0.2, 0.25) is 0 Å². The van der Waals surface area contributed by atoms with Crippen LogP contribution in [0.4, 0.5) is 5.69 Å². The average Bonchev–Trinajstić information content (AvgIpc) is 3.08. The molecule has 0 aliphatic carbocycles. The van der Waals surface area contributed by atoms with Gasteiger partial charge in [0.05, 0.1) is 24.3 Å². The van der Waals surface area contributed by atoms with E-state index in [4.69, 9.17) is 0 Å². The zero-order valence-electron chi connectivity index (χ0n) is 10.4. The molecule has 0 bridgehead atoms. The van der Waals surface area contributed by atoms with Crippen molar-refractivity contribution in [1.29, 1.82) is 0 Å². The number of tetrazole rings is 1. The molecule has 2 N–H and O–H groups in total. The highest BCUT2D eigenvalue weighted by Crippen LogP contribution is 2.14. The SMILES string of the molecule is Cc1[nH]cnc1CNc1cccc(-n2cnnn2)c1. The van der Waals surface area contributed by atoms with Crippen molar-refractivity contribution in [3.8, 4) is 5.69 Å². The van der Waals surface area contributed by atoms with Gasteiger partial charge in [0.1, 0.15) is 6.33 Å². The zero-order valence-corrected chi connectivity index (χ0v) is 10.4. The molecule has 1 aromatic carbocycles. The Balaban J connectivity index is 1.75. The summed E-state index contributed by atoms with van der Waals surface area (Å²) >= 11 is 0. The molecule has 7 nitrogen and oxygen atoms in total. The number of hydrogen-bond acceptors (Lipinski definition) is 5. The minimum Gasteiger partial charge on any atom is -0.379 e. The van der Waals surface area contributed by atoms with Gasteiger partial charge in [0.15, 0.2) is 0 Å². The van der Waals surface area contributed by atoms with Gasteiger partial charge in [-0.25, -0.2) is 9.67 Å². The lowest BCUT2D eigenvalue weighted by Crippen LogP contribution is -2.02. The first kappa shape index (κ1) is 11.4. The predicted octanol–water partition coefficient (Wildman–Crippen LogP) is 1.31. The lowest BCUT2D eigenvalue weighted by Gasteiger charge is -2.07. The third-order valence-electron chi connectivity index (χ3n) is 2.85. The van der Waals surface area contributed by atoms with Gasteiger partial charge in [-0.05, 0) is 35.5 Å². The maximum atomic E-state index is 4.25. The summed E-state index contributed by atoms with van der Waals surface area (Å²) in [5, 5.41) is 14.4. The topological polar surface area (TPSA) is 84.3 Å². The van der Waals surface area contributed by atoms with Crippen molar-refractivity contribution in [2.75, 3.05) is 5.32 Å². The fraction of sp³-hybridized carbons (Fsp3) is 0.167. The van der Waals surface area contributed by atoms with Gasteiger partial charge in [-0.3, -0.25) is 0 Å². The summed E-state index contributed by atoms with van der Waals surface area (Å²) in [5.74, 6) is 0. The van der Waals surface area contributed by atoms with E-state index in [1.54, 1.807) is 17.3 Å². The molecule has 0 unspecified atom stereocenters. The summed E-state index contributed by atoms with van der Waals surface area (Å²) in [4.78, 5) is 7.30. The summed E-state index contributed by atoms with van der Waals surface area (Å²) in [6.45, 7) is 2.68. The smallest absolute Gasteiger partial charge is 0.143 e. The van der Waals surface area contributed by atoms with Gasteiger partial charge in [-0.2, -0.15) is 0 Å². The van der Waals surface area contributed by atoms with E-state index in [1.165, 1.54) is 0 Å². The molecule has 0 aliphatic heterocycles. The van der Waals surface area contributed by atoms with Gasteiger partial charge in [-0.15, -0.1) is 5.10 Å². The second-order valence-electron chi connectivity index (χ2n) is 4.13. The van der Waals surface area contributed by atoms with E-state index in [1.807, 2.05) is 31.2 Å². The number of benzene rings is 1. The van der Waals surface area contributed by atoms with Crippen molar-refractivity contribution >= 4 is 5.69 Å². The number of H-pyrrole nitrogens is 1. The van der Waals surface area contributed by atoms with Crippen LogP contribution < -0.4 is 5.32 Å². The zero-order chi connectivity index (χ0) is 13.1. The van der Waals surface area contributed by atoms with Crippen molar-refractivity contribution < 1.29 is 0 Å². The molecule has 0 radical (unpaired) electrons. The molecule has 19 heavy (non-hydrogen) atoms. The van der Waals surface area contributed by atoms with Crippen LogP contribution >= 0.6 is 0 Å². The first-order valence-electron chi connectivity index (χ1n) is 5.89. The van der Waals surface area contributed by atoms with Crippen LogP contribution in [0.25, 0.3) is 5.69 Å². The average molecular weight is 255 g/mol. The maximum Gasteiger partial charge on any atom is 0.143 e. The Morgan fingerprint density at radius 1 is 1.37 bits per heavy atom. The van der Waals surface area contributed by atoms with Gasteiger partial charge >= 0.3 is 0 Å². The van der Waals surface area contributed by atoms with E-state index in [-0.39, 0.29) is 0 Å². The number of rotatable bonds is 4. The van der Waals surface area contributed by atoms with E-state index in [9.17, 15) is 0 Å². The van der Waals surface area contributed by atoms with E-state index in [0.29, 0.717) is 6.54 Å². The molecule has 0 fully saturated rings. The Kier molecular flexibility index (Phi) is 2.93. The predicted molar refractivity (Wildman–Crippen MR) is 69.8 cm³/mol. The molecule has 0 aliphatic rings. The first-order chi connectivity index (χ1) is 9.33. The standard InChI is InChI=1S/C12H13N7/c1-9-12(15-7-14-9)6-13-10-3-2-4-11(5-10)19-8-16-17-18-19/h2-5,7-8,13H,6H2,1H3,(H,14,15). The molecule has 0 saturated heterocycles. The number of aromatic nitrogens is 6. The summed E-state index contributed by atoms with van der Waals surface area (Å²) in [6, 6.07) is 7.88. The monoisotopic (exact) mass is 255 g/mol. The number of aromatic amines is 1. The van der Waals surface area contributed by atoms with Crippen LogP contribution in [-0.2, 0) is 6.54 Å². The fourth-order valence-corrected chi connectivity index (χ4v) is 1.79. The molecular formula is C12H13N7. The van der Waals surface area contributed by atoms with Crippen molar-refractivity contribution in [1.82, 2.24) is 30.2 Å². The molecule has 2 heterocycles. The Labute approximate surface area is 109 Å². The number of aryl methyl sites for hydroxylation is 1. The van der Waals surface area contributed by atoms with E-state index >= 15 is 0 Å². The minimum atomic E-state index is 0.675. The summed E-state index contributed by atoms with van der Waals surface area (Å²) in [6.07, 6.45) is 3.26. The summed E-state index contributed by atoms with van der Waals surface area (Å²) in [7, 11) is 0. The Hall–Kier alpha value is -2.70. The van der Waals surface area contributed by atoms with Crippen LogP contribution in [0, 0.1) is 6.92 Å². The lowest BCUT2D eigenvalue weighted by atomic mass is 10.2. The molecule has 2 aromatic heterocycles. The Morgan fingerprint density at radius 2 is 2.32 bits per heavy atom. The van der Waals surface area contributed by atoms with Crippen LogP contribution in [0.5, 0.6) is 0 Å². The van der Waals surface area contributed by atoms with Gasteiger partial charge in [0, 0.05) is 11.4 Å². The Morgan fingerprint density at radius 3 is 3.05 bits per heavy atom. The van der Waals surface area contributed by atoms with Crippen LogP contribution in [0.3, 0.4) is 0 Å². The quantitative estimate of drug-likeness (QED) is 0.734. The summed E-state index contributed by atoms with van der Waals surface area (Å²) in [5.41, 5.74) is 3.99. The molecule has 0 amide bonds. The summed E-state index contributed by atoms with van der Waals surface area (Å²) < 4.78 is 1.62. The fourth-order valence-electron chi connectivity index (χ4n) is 1.79. The number of imidazole rings is 1. The van der Waals surface area contributed by atoms with Crippen molar-refractivity contribution in [3.63, 3.8) is 0 Å². The third kappa shape index (κ3) is 2.44. The number of nitrogens with zero attached hydrogens (tertiary/aromatic N) is 5. The second kappa shape index (κ2) is 4.89. The molecule has 7 heteroatoms. The van der Waals surface area contributed by atoms with Crippen LogP contribution in [-0.4, -0.2) is 30.2 Å². The van der Waals surface area contributed by atoms with Gasteiger partial charge in [-0.1, -0.05) is 6.07 Å². The van der Waals surface area contributed by atoms with Gasteiger partial charge < -0.3 is 10.3 Å². The highest BCUT2D eigenvalue weighted by molar-refractivity contribution is 5.50. The van der Waals surface area contributed by atoms with E-state index in [0.717, 1.165) is 22.8 Å². The van der Waals surface area contributed by atoms with Crippen LogP contribution in [0.1, 0.15) is 11.4 Å². The normalized spacial score (nSPS) is 10.6. The molecule has 3 rings (SSSR count). The van der Waals surface area contributed by atoms with Gasteiger partial charge in [0.2, 0.25) is 0 Å². The maximum absolute atomic E-state index is 4.25. The van der Waals surface area contributed by atoms with Gasteiger partial charge in [0.25, 0.3) is 0 Å². The third-order valence-corrected chi connectivity index (χ3v) is 2.85. The van der Waals surface area contributed by atoms with Crippen molar-refractivity contribution in [2.24, 2.45) is 0 Å². The molecule has 0 atom stereocenters. The molecule has 0 saturated carbocycles. The van der Waals surface area contributed by atoms with Crippen molar-refractivity contribution in [2.45, 2.75) is 13.5 Å². The number of nitrogens with one attached hydrogen (secondary N) is 2. The lowest BCUT2D eigenvalue weighted by molar-refractivity contribution is 0.789. The first-order valence-corrected chi connectivity index (χ1v) is 5.89. The molecule has 96 valence electrons. The molecule has 3 aromatic rings. The molecule has 0 spiro atoms. The molecular weight excluding hydrogens is 242 g/mol. The van der Waals surface area contributed by atoms with E-state index < -0.39 is 0 Å². The van der Waals surface area contributed by atoms with Crippen LogP contribution in [0.15, 0.2) is 36.9 Å². The number of anilines is 1. The highest BCUT2D eigenvalue weighted by Gasteiger charge is 2.02. The van der Waals surface area contributed by atoms with E-state index in [2.05, 4.69) is 30.8 Å². The second-order valence-corrected chi connectivity index (χ2v) is 4.13. The minimum absolute atomic E-state index is 0.675.